The van der Waals surface area contributed by atoms with Crippen molar-refractivity contribution in [3.8, 4) is 17.2 Å². The first-order valence-electron chi connectivity index (χ1n) is 13.7. The highest BCUT2D eigenvalue weighted by molar-refractivity contribution is 5.94. The number of carbonyl (C=O) groups is 3. The number of ether oxygens (including phenoxy) is 3. The van der Waals surface area contributed by atoms with E-state index in [1.165, 1.54) is 60.7 Å². The molecule has 0 fully saturated rings. The maximum atomic E-state index is 11.4. The topological polar surface area (TPSA) is 188 Å². The molecule has 3 aromatic carbocycles. The van der Waals surface area contributed by atoms with Gasteiger partial charge in [-0.05, 0) is 36.4 Å². The molecule has 3 rings (SSSR count). The molecule has 248 valence electrons. The molecule has 0 unspecified atom stereocenters. The molecule has 15 nitrogen and oxygen atoms in total. The second kappa shape index (κ2) is 18.8. The predicted octanol–water partition coefficient (Wildman–Crippen LogP) is 3.95. The number of carbonyl (C=O) groups excluding carboxylic acids is 3. The summed E-state index contributed by atoms with van der Waals surface area (Å²) in [5.41, 5.74) is 9.05. The SMILES string of the molecule is COc1cc(NC(C)=O)ccc1/C=N/N=C(N/N=C/c1ccc(NC(C)=O)cc1OC)N/N=C/c1ccc(NC(C)=O)cc1OC.Cl. The Balaban J connectivity index is 0.00000768. The molecule has 0 saturated heterocycles. The van der Waals surface area contributed by atoms with Crippen LogP contribution in [0.15, 0.2) is 75.0 Å². The lowest BCUT2D eigenvalue weighted by atomic mass is 10.2. The monoisotopic (exact) mass is 665 g/mol. The summed E-state index contributed by atoms with van der Waals surface area (Å²) in [6.07, 6.45) is 4.45. The van der Waals surface area contributed by atoms with Crippen LogP contribution in [0.2, 0.25) is 0 Å². The van der Waals surface area contributed by atoms with E-state index in [4.69, 9.17) is 14.2 Å². The van der Waals surface area contributed by atoms with Gasteiger partial charge in [-0.2, -0.15) is 15.3 Å². The van der Waals surface area contributed by atoms with Crippen LogP contribution in [0, 0.1) is 0 Å². The third kappa shape index (κ3) is 12.2. The summed E-state index contributed by atoms with van der Waals surface area (Å²) in [5, 5.41) is 24.8. The molecule has 0 aliphatic rings. The van der Waals surface area contributed by atoms with E-state index >= 15 is 0 Å². The van der Waals surface area contributed by atoms with Crippen LogP contribution in [0.3, 0.4) is 0 Å². The third-order valence-electron chi connectivity index (χ3n) is 5.76. The van der Waals surface area contributed by atoms with Crippen molar-refractivity contribution in [1.82, 2.24) is 10.9 Å². The standard InChI is InChI=1S/C31H35N9O6.ClH/c1-19(41)35-25-10-7-22(28(13-25)44-4)16-32-38-31(39-33-17-23-8-11-26(36-20(2)42)14-29(23)45-5)40-34-18-24-9-12-27(37-21(3)43)15-30(24)46-6;/h7-18H,1-6H3,(H,35,41)(H,36,42)(H,37,43)(H2,38,39,40);1H/b32-16+,33-17+,34-18+;. The van der Waals surface area contributed by atoms with Crippen molar-refractivity contribution < 1.29 is 28.6 Å². The number of hydrogen-bond acceptors (Lipinski definition) is 10. The molecule has 0 heterocycles. The summed E-state index contributed by atoms with van der Waals surface area (Å²) in [6.45, 7) is 4.24. The zero-order valence-corrected chi connectivity index (χ0v) is 27.4. The van der Waals surface area contributed by atoms with Gasteiger partial charge in [-0.15, -0.1) is 17.5 Å². The lowest BCUT2D eigenvalue weighted by Crippen LogP contribution is -2.30. The number of rotatable bonds is 12. The molecular formula is C31H36ClN9O6. The second-order valence-corrected chi connectivity index (χ2v) is 9.35. The van der Waals surface area contributed by atoms with Crippen molar-refractivity contribution in [2.75, 3.05) is 37.3 Å². The first kappa shape index (κ1) is 37.2. The van der Waals surface area contributed by atoms with Gasteiger partial charge in [0.2, 0.25) is 17.7 Å². The van der Waals surface area contributed by atoms with E-state index < -0.39 is 0 Å². The first-order chi connectivity index (χ1) is 22.1. The molecule has 0 aliphatic heterocycles. The molecule has 0 bridgehead atoms. The van der Waals surface area contributed by atoms with Gasteiger partial charge < -0.3 is 30.2 Å². The van der Waals surface area contributed by atoms with Crippen LogP contribution >= 0.6 is 12.4 Å². The number of benzene rings is 3. The fraction of sp³-hybridized carbons (Fsp3) is 0.194. The maximum absolute atomic E-state index is 11.4. The van der Waals surface area contributed by atoms with Crippen LogP contribution in [0.1, 0.15) is 37.5 Å². The number of hydrazone groups is 2. The molecular weight excluding hydrogens is 630 g/mol. The second-order valence-electron chi connectivity index (χ2n) is 9.35. The first-order valence-corrected chi connectivity index (χ1v) is 13.7. The Bertz CT molecular complexity index is 1610. The van der Waals surface area contributed by atoms with Crippen molar-refractivity contribution in [3.05, 3.63) is 71.3 Å². The fourth-order valence-electron chi connectivity index (χ4n) is 3.84. The number of amides is 3. The van der Waals surface area contributed by atoms with E-state index in [-0.39, 0.29) is 36.1 Å². The van der Waals surface area contributed by atoms with E-state index in [1.54, 1.807) is 54.6 Å². The van der Waals surface area contributed by atoms with Crippen molar-refractivity contribution in [2.45, 2.75) is 20.8 Å². The van der Waals surface area contributed by atoms with Crippen LogP contribution in [-0.2, 0) is 14.4 Å². The minimum atomic E-state index is -0.210. The van der Waals surface area contributed by atoms with Gasteiger partial charge in [0, 0.05) is 72.7 Å². The number of hydrogen-bond donors (Lipinski definition) is 5. The van der Waals surface area contributed by atoms with Crippen molar-refractivity contribution in [2.24, 2.45) is 20.4 Å². The summed E-state index contributed by atoms with van der Waals surface area (Å²) >= 11 is 0. The number of anilines is 3. The average molecular weight is 666 g/mol. The third-order valence-corrected chi connectivity index (χ3v) is 5.76. The summed E-state index contributed by atoms with van der Waals surface area (Å²) in [7, 11) is 4.51. The zero-order chi connectivity index (χ0) is 33.5. The van der Waals surface area contributed by atoms with Gasteiger partial charge in [-0.3, -0.25) is 14.4 Å². The fourth-order valence-corrected chi connectivity index (χ4v) is 3.84. The Hall–Kier alpha value is -5.96. The summed E-state index contributed by atoms with van der Waals surface area (Å²) < 4.78 is 16.3. The normalized spacial score (nSPS) is 10.6. The molecule has 0 aliphatic carbocycles. The number of methoxy groups -OCH3 is 3. The molecule has 5 N–H and O–H groups in total. The minimum absolute atomic E-state index is 0. The Morgan fingerprint density at radius 1 is 0.574 bits per heavy atom. The summed E-state index contributed by atoms with van der Waals surface area (Å²) in [4.78, 5) is 34.2. The average Bonchev–Trinajstić information content (AvgIpc) is 3.01. The minimum Gasteiger partial charge on any atom is -0.496 e. The van der Waals surface area contributed by atoms with E-state index in [9.17, 15) is 14.4 Å². The van der Waals surface area contributed by atoms with Crippen LogP contribution in [0.5, 0.6) is 17.2 Å². The maximum Gasteiger partial charge on any atom is 0.257 e. The quantitative estimate of drug-likeness (QED) is 0.109. The van der Waals surface area contributed by atoms with Gasteiger partial charge in [0.15, 0.2) is 0 Å². The zero-order valence-electron chi connectivity index (χ0n) is 26.6. The molecule has 0 atom stereocenters. The van der Waals surface area contributed by atoms with Gasteiger partial charge in [-0.1, -0.05) is 0 Å². The Labute approximate surface area is 278 Å². The molecule has 0 aromatic heterocycles. The van der Waals surface area contributed by atoms with Crippen molar-refractivity contribution in [1.29, 1.82) is 0 Å². The van der Waals surface area contributed by atoms with Gasteiger partial charge in [-0.25, -0.2) is 10.9 Å². The number of halogens is 1. The highest BCUT2D eigenvalue weighted by atomic mass is 35.5. The highest BCUT2D eigenvalue weighted by Crippen LogP contribution is 2.23. The molecule has 47 heavy (non-hydrogen) atoms. The number of guanidine groups is 1. The van der Waals surface area contributed by atoms with Gasteiger partial charge >= 0.3 is 0 Å². The van der Waals surface area contributed by atoms with E-state index in [2.05, 4.69) is 47.2 Å². The van der Waals surface area contributed by atoms with Crippen molar-refractivity contribution in [3.63, 3.8) is 0 Å². The number of nitrogens with one attached hydrogen (secondary N) is 5. The predicted molar refractivity (Wildman–Crippen MR) is 186 cm³/mol. The van der Waals surface area contributed by atoms with Crippen LogP contribution < -0.4 is 41.0 Å². The molecule has 16 heteroatoms. The highest BCUT2D eigenvalue weighted by Gasteiger charge is 2.07. The largest absolute Gasteiger partial charge is 0.496 e. The van der Waals surface area contributed by atoms with Crippen LogP contribution in [0.25, 0.3) is 0 Å². The van der Waals surface area contributed by atoms with Crippen LogP contribution in [-0.4, -0.2) is 63.7 Å². The van der Waals surface area contributed by atoms with Gasteiger partial charge in [0.25, 0.3) is 5.96 Å². The summed E-state index contributed by atoms with van der Waals surface area (Å²) in [6, 6.07) is 15.3. The van der Waals surface area contributed by atoms with Crippen LogP contribution in [0.4, 0.5) is 17.1 Å². The lowest BCUT2D eigenvalue weighted by molar-refractivity contribution is -0.115. The van der Waals surface area contributed by atoms with E-state index in [0.29, 0.717) is 51.0 Å². The Morgan fingerprint density at radius 2 is 0.915 bits per heavy atom. The Kier molecular flexibility index (Phi) is 14.9. The molecule has 3 amide bonds. The smallest absolute Gasteiger partial charge is 0.257 e. The molecule has 0 radical (unpaired) electrons. The van der Waals surface area contributed by atoms with E-state index in [1.807, 2.05) is 0 Å². The summed E-state index contributed by atoms with van der Waals surface area (Å²) in [5.74, 6) is 0.835. The number of nitrogens with zero attached hydrogens (tertiary/aromatic N) is 4. The molecule has 0 spiro atoms. The van der Waals surface area contributed by atoms with Gasteiger partial charge in [0.05, 0.1) is 40.0 Å². The van der Waals surface area contributed by atoms with E-state index in [0.717, 1.165) is 0 Å². The van der Waals surface area contributed by atoms with Crippen molar-refractivity contribution >= 4 is 71.8 Å². The Morgan fingerprint density at radius 3 is 1.23 bits per heavy atom. The molecule has 0 saturated carbocycles. The lowest BCUT2D eigenvalue weighted by Gasteiger charge is -2.09. The molecule has 3 aromatic rings. The van der Waals surface area contributed by atoms with Gasteiger partial charge in [0.1, 0.15) is 17.2 Å².